The first kappa shape index (κ1) is 22.9. The predicted octanol–water partition coefficient (Wildman–Crippen LogP) is 4.48. The molecule has 4 rings (SSSR count). The van der Waals surface area contributed by atoms with Gasteiger partial charge in [0.05, 0.1) is 12.1 Å². The molecule has 0 radical (unpaired) electrons. The Balaban J connectivity index is 1.42. The number of halogens is 1. The molecule has 2 unspecified atom stereocenters. The smallest absolute Gasteiger partial charge is 0.217 e. The third-order valence-corrected chi connectivity index (χ3v) is 7.08. The van der Waals surface area contributed by atoms with E-state index in [1.54, 1.807) is 0 Å². The second-order valence-corrected chi connectivity index (χ2v) is 9.79. The van der Waals surface area contributed by atoms with Crippen molar-refractivity contribution in [3.8, 4) is 0 Å². The Morgan fingerprint density at radius 3 is 2.59 bits per heavy atom. The van der Waals surface area contributed by atoms with Crippen LogP contribution in [0.25, 0.3) is 0 Å². The molecule has 4 nitrogen and oxygen atoms in total. The van der Waals surface area contributed by atoms with E-state index in [-0.39, 0.29) is 17.3 Å². The summed E-state index contributed by atoms with van der Waals surface area (Å²) >= 11 is 0. The van der Waals surface area contributed by atoms with E-state index in [4.69, 9.17) is 0 Å². The van der Waals surface area contributed by atoms with E-state index in [2.05, 4.69) is 34.9 Å². The highest BCUT2D eigenvalue weighted by molar-refractivity contribution is 5.73. The Hall–Kier alpha value is -2.24. The van der Waals surface area contributed by atoms with Gasteiger partial charge in [-0.1, -0.05) is 43.2 Å². The standard InChI is InChI=1S/C27H35FN2O2/c1-18-12-20(14-24(28)13-18)15-25(30-19(2)31)26(32)17-29-27(10-11-27)23-9-5-8-22(16-23)21-6-3-4-7-21/h5,8-9,12-14,16,21,25-26,29,32H,3-4,6-7,10-11,15,17H2,1-2H3,(H,30,31). The fourth-order valence-electron chi connectivity index (χ4n) is 5.21. The monoisotopic (exact) mass is 438 g/mol. The van der Waals surface area contributed by atoms with E-state index in [9.17, 15) is 14.3 Å². The number of carbonyl (C=O) groups is 1. The molecule has 2 aromatic rings. The summed E-state index contributed by atoms with van der Waals surface area (Å²) in [5, 5.41) is 17.4. The molecule has 2 aliphatic rings. The van der Waals surface area contributed by atoms with Gasteiger partial charge in [0.2, 0.25) is 5.91 Å². The lowest BCUT2D eigenvalue weighted by Crippen LogP contribution is -2.49. The van der Waals surface area contributed by atoms with Gasteiger partial charge in [0.25, 0.3) is 0 Å². The van der Waals surface area contributed by atoms with Gasteiger partial charge in [-0.3, -0.25) is 4.79 Å². The van der Waals surface area contributed by atoms with Gasteiger partial charge < -0.3 is 15.7 Å². The Morgan fingerprint density at radius 2 is 1.94 bits per heavy atom. The van der Waals surface area contributed by atoms with Crippen LogP contribution in [0.1, 0.15) is 73.6 Å². The molecular formula is C27H35FN2O2. The van der Waals surface area contributed by atoms with E-state index >= 15 is 0 Å². The molecule has 2 aromatic carbocycles. The molecule has 0 saturated heterocycles. The van der Waals surface area contributed by atoms with Crippen LogP contribution in [0.4, 0.5) is 4.39 Å². The molecule has 5 heteroatoms. The lowest BCUT2D eigenvalue weighted by atomic mass is 9.93. The summed E-state index contributed by atoms with van der Waals surface area (Å²) in [6.07, 6.45) is 6.88. The van der Waals surface area contributed by atoms with Crippen LogP contribution >= 0.6 is 0 Å². The number of hydrogen-bond acceptors (Lipinski definition) is 3. The van der Waals surface area contributed by atoms with E-state index in [0.29, 0.717) is 18.9 Å². The van der Waals surface area contributed by atoms with Crippen LogP contribution in [-0.4, -0.2) is 29.7 Å². The zero-order valence-electron chi connectivity index (χ0n) is 19.2. The average molecular weight is 439 g/mol. The van der Waals surface area contributed by atoms with E-state index < -0.39 is 12.1 Å². The Labute approximate surface area is 190 Å². The molecule has 1 amide bonds. The third-order valence-electron chi connectivity index (χ3n) is 7.08. The van der Waals surface area contributed by atoms with Gasteiger partial charge in [-0.25, -0.2) is 4.39 Å². The lowest BCUT2D eigenvalue weighted by Gasteiger charge is -2.27. The topological polar surface area (TPSA) is 61.4 Å². The molecular weight excluding hydrogens is 403 g/mol. The molecule has 0 bridgehead atoms. The maximum absolute atomic E-state index is 13.8. The molecule has 2 atom stereocenters. The summed E-state index contributed by atoms with van der Waals surface area (Å²) in [7, 11) is 0. The van der Waals surface area contributed by atoms with Crippen LogP contribution in [0, 0.1) is 12.7 Å². The van der Waals surface area contributed by atoms with Gasteiger partial charge >= 0.3 is 0 Å². The molecule has 32 heavy (non-hydrogen) atoms. The number of aryl methyl sites for hydroxylation is 1. The molecule has 0 spiro atoms. The van der Waals surface area contributed by atoms with Crippen molar-refractivity contribution >= 4 is 5.91 Å². The summed E-state index contributed by atoms with van der Waals surface area (Å²) in [6.45, 7) is 3.66. The van der Waals surface area contributed by atoms with E-state index in [1.165, 1.54) is 55.9 Å². The molecule has 2 aliphatic carbocycles. The van der Waals surface area contributed by atoms with Crippen molar-refractivity contribution in [2.75, 3.05) is 6.54 Å². The van der Waals surface area contributed by atoms with Gasteiger partial charge in [-0.15, -0.1) is 0 Å². The van der Waals surface area contributed by atoms with Crippen LogP contribution in [0.2, 0.25) is 0 Å². The number of aliphatic hydroxyl groups is 1. The van der Waals surface area contributed by atoms with Gasteiger partial charge in [0.1, 0.15) is 5.82 Å². The summed E-state index contributed by atoms with van der Waals surface area (Å²) in [5.41, 5.74) is 4.24. The zero-order chi connectivity index (χ0) is 22.7. The number of rotatable bonds is 9. The first-order valence-electron chi connectivity index (χ1n) is 11.9. The van der Waals surface area contributed by atoms with Crippen LogP contribution in [0.15, 0.2) is 42.5 Å². The van der Waals surface area contributed by atoms with Gasteiger partial charge in [0, 0.05) is 19.0 Å². The number of hydrogen-bond donors (Lipinski definition) is 3. The van der Waals surface area contributed by atoms with Gasteiger partial charge in [-0.2, -0.15) is 0 Å². The third kappa shape index (κ3) is 5.57. The van der Waals surface area contributed by atoms with Crippen LogP contribution in [-0.2, 0) is 16.8 Å². The highest BCUT2D eigenvalue weighted by atomic mass is 19.1. The number of nitrogens with one attached hydrogen (secondary N) is 2. The Bertz CT molecular complexity index is 930. The second-order valence-electron chi connectivity index (χ2n) is 9.79. The molecule has 2 saturated carbocycles. The van der Waals surface area contributed by atoms with Crippen molar-refractivity contribution in [1.29, 1.82) is 0 Å². The summed E-state index contributed by atoms with van der Waals surface area (Å²) in [4.78, 5) is 11.8. The summed E-state index contributed by atoms with van der Waals surface area (Å²) < 4.78 is 13.8. The van der Waals surface area contributed by atoms with Crippen molar-refractivity contribution in [2.24, 2.45) is 0 Å². The molecule has 2 fully saturated rings. The van der Waals surface area contributed by atoms with Crippen LogP contribution in [0.5, 0.6) is 0 Å². The number of benzene rings is 2. The summed E-state index contributed by atoms with van der Waals surface area (Å²) in [5.74, 6) is 0.177. The van der Waals surface area contributed by atoms with Crippen molar-refractivity contribution < 1.29 is 14.3 Å². The zero-order valence-corrected chi connectivity index (χ0v) is 19.2. The first-order chi connectivity index (χ1) is 15.3. The maximum atomic E-state index is 13.8. The number of amides is 1. The largest absolute Gasteiger partial charge is 0.390 e. The quantitative estimate of drug-likeness (QED) is 0.541. The Morgan fingerprint density at radius 1 is 1.19 bits per heavy atom. The van der Waals surface area contributed by atoms with Crippen molar-refractivity contribution in [3.05, 3.63) is 70.5 Å². The highest BCUT2D eigenvalue weighted by Crippen LogP contribution is 2.46. The van der Waals surface area contributed by atoms with E-state index in [0.717, 1.165) is 24.0 Å². The molecule has 0 aliphatic heterocycles. The lowest BCUT2D eigenvalue weighted by molar-refractivity contribution is -0.120. The van der Waals surface area contributed by atoms with Gasteiger partial charge in [0.15, 0.2) is 0 Å². The predicted molar refractivity (Wildman–Crippen MR) is 125 cm³/mol. The minimum atomic E-state index is -0.780. The van der Waals surface area contributed by atoms with Crippen LogP contribution in [0.3, 0.4) is 0 Å². The van der Waals surface area contributed by atoms with Crippen LogP contribution < -0.4 is 10.6 Å². The number of aliphatic hydroxyl groups excluding tert-OH is 1. The molecule has 0 aromatic heterocycles. The average Bonchev–Trinajstić information content (AvgIpc) is 3.33. The molecule has 3 N–H and O–H groups in total. The summed E-state index contributed by atoms with van der Waals surface area (Å²) in [6, 6.07) is 13.3. The minimum absolute atomic E-state index is 0.0915. The SMILES string of the molecule is CC(=O)NC(Cc1cc(C)cc(F)c1)C(O)CNC1(c2cccc(C3CCCC3)c2)CC1. The molecule has 0 heterocycles. The Kier molecular flexibility index (Phi) is 6.96. The van der Waals surface area contributed by atoms with E-state index in [1.807, 2.05) is 13.0 Å². The minimum Gasteiger partial charge on any atom is -0.390 e. The second kappa shape index (κ2) is 9.72. The normalized spacial score (nSPS) is 19.5. The number of carbonyl (C=O) groups excluding carboxylic acids is 1. The molecule has 172 valence electrons. The highest BCUT2D eigenvalue weighted by Gasteiger charge is 2.44. The van der Waals surface area contributed by atoms with Crippen molar-refractivity contribution in [3.63, 3.8) is 0 Å². The fourth-order valence-corrected chi connectivity index (χ4v) is 5.21. The van der Waals surface area contributed by atoms with Crippen molar-refractivity contribution in [2.45, 2.75) is 82.4 Å². The van der Waals surface area contributed by atoms with Gasteiger partial charge in [-0.05, 0) is 79.3 Å². The first-order valence-corrected chi connectivity index (χ1v) is 11.9. The fraction of sp³-hybridized carbons (Fsp3) is 0.519. The maximum Gasteiger partial charge on any atom is 0.217 e. The van der Waals surface area contributed by atoms with Crippen molar-refractivity contribution in [1.82, 2.24) is 10.6 Å².